The van der Waals surface area contributed by atoms with Gasteiger partial charge in [-0.05, 0) is 38.3 Å². The molecular formula is C14H22N4S2. The van der Waals surface area contributed by atoms with Gasteiger partial charge in [0.05, 0.1) is 0 Å². The predicted molar refractivity (Wildman–Crippen MR) is 87.6 cm³/mol. The minimum Gasteiger partial charge on any atom is -0.374 e. The first-order chi connectivity index (χ1) is 9.70. The largest absolute Gasteiger partial charge is 0.374 e. The van der Waals surface area contributed by atoms with Crippen LogP contribution in [0.15, 0.2) is 17.5 Å². The van der Waals surface area contributed by atoms with Crippen LogP contribution in [-0.2, 0) is 13.0 Å². The Morgan fingerprint density at radius 3 is 3.00 bits per heavy atom. The summed E-state index contributed by atoms with van der Waals surface area (Å²) in [6.45, 7) is 6.25. The molecule has 0 bridgehead atoms. The monoisotopic (exact) mass is 310 g/mol. The third-order valence-corrected chi connectivity index (χ3v) is 4.94. The van der Waals surface area contributed by atoms with E-state index >= 15 is 0 Å². The minimum absolute atomic E-state index is 0.495. The van der Waals surface area contributed by atoms with E-state index in [0.717, 1.165) is 36.6 Å². The molecule has 1 unspecified atom stereocenters. The molecule has 4 nitrogen and oxygen atoms in total. The van der Waals surface area contributed by atoms with Gasteiger partial charge in [-0.15, -0.1) is 16.4 Å². The van der Waals surface area contributed by atoms with Crippen LogP contribution in [0.1, 0.15) is 30.8 Å². The number of anilines is 1. The first-order valence-electron chi connectivity index (χ1n) is 6.98. The lowest BCUT2D eigenvalue weighted by Gasteiger charge is -2.23. The zero-order valence-electron chi connectivity index (χ0n) is 12.3. The van der Waals surface area contributed by atoms with Gasteiger partial charge in [0.25, 0.3) is 0 Å². The number of thiophene rings is 1. The average molecular weight is 310 g/mol. The van der Waals surface area contributed by atoms with Crippen molar-refractivity contribution in [3.8, 4) is 0 Å². The number of hydrogen-bond donors (Lipinski definition) is 1. The SMILES string of the molecule is CCCNc1snnc1CN(C)C(C)Cc1cccs1. The van der Waals surface area contributed by atoms with E-state index in [0.29, 0.717) is 6.04 Å². The maximum atomic E-state index is 4.26. The van der Waals surface area contributed by atoms with Gasteiger partial charge in [0.15, 0.2) is 0 Å². The molecule has 20 heavy (non-hydrogen) atoms. The highest BCUT2D eigenvalue weighted by molar-refractivity contribution is 7.10. The van der Waals surface area contributed by atoms with Crippen molar-refractivity contribution < 1.29 is 0 Å². The third kappa shape index (κ3) is 4.26. The molecule has 0 aromatic carbocycles. The molecule has 0 fully saturated rings. The molecule has 2 aromatic heterocycles. The van der Waals surface area contributed by atoms with Gasteiger partial charge in [0.1, 0.15) is 10.7 Å². The van der Waals surface area contributed by atoms with Crippen LogP contribution in [0.25, 0.3) is 0 Å². The summed E-state index contributed by atoms with van der Waals surface area (Å²) in [6.07, 6.45) is 2.20. The molecule has 1 atom stereocenters. The number of hydrogen-bond acceptors (Lipinski definition) is 6. The van der Waals surface area contributed by atoms with Gasteiger partial charge in [-0.2, -0.15) is 0 Å². The highest BCUT2D eigenvalue weighted by Crippen LogP contribution is 2.21. The van der Waals surface area contributed by atoms with Crippen LogP contribution in [-0.4, -0.2) is 34.1 Å². The second-order valence-electron chi connectivity index (χ2n) is 5.02. The number of nitrogens with zero attached hydrogens (tertiary/aromatic N) is 3. The molecule has 0 saturated carbocycles. The Labute approximate surface area is 129 Å². The van der Waals surface area contributed by atoms with Crippen molar-refractivity contribution in [3.63, 3.8) is 0 Å². The van der Waals surface area contributed by atoms with Gasteiger partial charge in [-0.25, -0.2) is 0 Å². The summed E-state index contributed by atoms with van der Waals surface area (Å²) in [4.78, 5) is 3.78. The lowest BCUT2D eigenvalue weighted by Crippen LogP contribution is -2.30. The standard InChI is InChI=1S/C14H22N4S2/c1-4-7-15-14-13(16-17-20-14)10-18(3)11(2)9-12-6-5-8-19-12/h5-6,8,11,15H,4,7,9-10H2,1-3H3. The lowest BCUT2D eigenvalue weighted by molar-refractivity contribution is 0.246. The topological polar surface area (TPSA) is 41.1 Å². The second-order valence-corrected chi connectivity index (χ2v) is 6.81. The van der Waals surface area contributed by atoms with Crippen LogP contribution in [0.5, 0.6) is 0 Å². The van der Waals surface area contributed by atoms with Gasteiger partial charge >= 0.3 is 0 Å². The summed E-state index contributed by atoms with van der Waals surface area (Å²) < 4.78 is 4.07. The second kappa shape index (κ2) is 7.71. The van der Waals surface area contributed by atoms with Gasteiger partial charge < -0.3 is 5.32 Å². The summed E-state index contributed by atoms with van der Waals surface area (Å²) in [5.74, 6) is 0. The molecular weight excluding hydrogens is 288 g/mol. The molecule has 1 N–H and O–H groups in total. The smallest absolute Gasteiger partial charge is 0.134 e. The summed E-state index contributed by atoms with van der Waals surface area (Å²) >= 11 is 3.28. The zero-order chi connectivity index (χ0) is 14.4. The Morgan fingerprint density at radius 1 is 1.45 bits per heavy atom. The van der Waals surface area contributed by atoms with Crippen molar-refractivity contribution in [1.82, 2.24) is 14.5 Å². The molecule has 0 aliphatic heterocycles. The molecule has 0 spiro atoms. The molecule has 2 heterocycles. The van der Waals surface area contributed by atoms with Crippen LogP contribution >= 0.6 is 22.9 Å². The van der Waals surface area contributed by atoms with E-state index in [4.69, 9.17) is 0 Å². The van der Waals surface area contributed by atoms with Crippen molar-refractivity contribution in [2.45, 2.75) is 39.3 Å². The summed E-state index contributed by atoms with van der Waals surface area (Å²) in [5.41, 5.74) is 1.06. The quantitative estimate of drug-likeness (QED) is 0.810. The Bertz CT molecular complexity index is 495. The first-order valence-corrected chi connectivity index (χ1v) is 8.63. The van der Waals surface area contributed by atoms with Crippen LogP contribution in [0.3, 0.4) is 0 Å². The summed E-state index contributed by atoms with van der Waals surface area (Å²) in [6, 6.07) is 4.81. The van der Waals surface area contributed by atoms with Crippen molar-refractivity contribution in [3.05, 3.63) is 28.1 Å². The Morgan fingerprint density at radius 2 is 2.30 bits per heavy atom. The Kier molecular flexibility index (Phi) is 5.94. The maximum Gasteiger partial charge on any atom is 0.134 e. The van der Waals surface area contributed by atoms with Crippen LogP contribution in [0.2, 0.25) is 0 Å². The van der Waals surface area contributed by atoms with Gasteiger partial charge in [0, 0.05) is 35.5 Å². The normalized spacial score (nSPS) is 12.8. The maximum absolute atomic E-state index is 4.26. The molecule has 6 heteroatoms. The molecule has 0 radical (unpaired) electrons. The van der Waals surface area contributed by atoms with E-state index in [1.807, 2.05) is 11.3 Å². The Balaban J connectivity index is 1.90. The summed E-state index contributed by atoms with van der Waals surface area (Å²) in [5, 5.41) is 10.9. The van der Waals surface area contributed by atoms with Crippen molar-refractivity contribution in [1.29, 1.82) is 0 Å². The fourth-order valence-corrected chi connectivity index (χ4v) is 3.38. The van der Waals surface area contributed by atoms with Crippen LogP contribution in [0, 0.1) is 0 Å². The number of likely N-dealkylation sites (N-methyl/N-ethyl adjacent to an activating group) is 1. The number of aromatic nitrogens is 2. The Hall–Kier alpha value is -0.980. The van der Waals surface area contributed by atoms with Crippen LogP contribution < -0.4 is 5.32 Å². The molecule has 0 aliphatic carbocycles. The highest BCUT2D eigenvalue weighted by atomic mass is 32.1. The molecule has 2 rings (SSSR count). The fourth-order valence-electron chi connectivity index (χ4n) is 1.95. The molecule has 0 amide bonds. The van der Waals surface area contributed by atoms with Gasteiger partial charge in [0.2, 0.25) is 0 Å². The molecule has 0 saturated heterocycles. The van der Waals surface area contributed by atoms with E-state index < -0.39 is 0 Å². The highest BCUT2D eigenvalue weighted by Gasteiger charge is 2.15. The van der Waals surface area contributed by atoms with Gasteiger partial charge in [-0.1, -0.05) is 17.5 Å². The van der Waals surface area contributed by atoms with Crippen molar-refractivity contribution in [2.75, 3.05) is 18.9 Å². The van der Waals surface area contributed by atoms with E-state index in [1.165, 1.54) is 16.4 Å². The molecule has 2 aromatic rings. The van der Waals surface area contributed by atoms with Crippen molar-refractivity contribution >= 4 is 27.9 Å². The first kappa shape index (κ1) is 15.4. The summed E-state index contributed by atoms with van der Waals surface area (Å²) in [7, 11) is 2.15. The third-order valence-electron chi connectivity index (χ3n) is 3.32. The van der Waals surface area contributed by atoms with E-state index in [-0.39, 0.29) is 0 Å². The fraction of sp³-hybridized carbons (Fsp3) is 0.571. The van der Waals surface area contributed by atoms with E-state index in [2.05, 4.69) is 58.2 Å². The van der Waals surface area contributed by atoms with E-state index in [1.54, 1.807) is 0 Å². The number of rotatable bonds is 8. The lowest BCUT2D eigenvalue weighted by atomic mass is 10.2. The molecule has 0 aliphatic rings. The minimum atomic E-state index is 0.495. The predicted octanol–water partition coefficient (Wildman–Crippen LogP) is 3.48. The van der Waals surface area contributed by atoms with Gasteiger partial charge in [-0.3, -0.25) is 4.90 Å². The average Bonchev–Trinajstić information content (AvgIpc) is 3.08. The molecule has 110 valence electrons. The van der Waals surface area contributed by atoms with Crippen molar-refractivity contribution in [2.24, 2.45) is 0 Å². The zero-order valence-corrected chi connectivity index (χ0v) is 13.9. The van der Waals surface area contributed by atoms with Crippen LogP contribution in [0.4, 0.5) is 5.00 Å². The van der Waals surface area contributed by atoms with E-state index in [9.17, 15) is 0 Å². The number of nitrogens with one attached hydrogen (secondary N) is 1.